The zero-order chi connectivity index (χ0) is 32.1. The molecule has 3 aromatic carbocycles. The molecule has 0 N–H and O–H groups in total. The van der Waals surface area contributed by atoms with Crippen LogP contribution < -0.4 is 4.31 Å². The van der Waals surface area contributed by atoms with Crippen LogP contribution >= 0.6 is 23.2 Å². The lowest BCUT2D eigenvalue weighted by molar-refractivity contribution is -0.147. The van der Waals surface area contributed by atoms with Crippen LogP contribution in [0.3, 0.4) is 0 Å². The minimum Gasteiger partial charge on any atom is -0.330 e. The average molecular weight is 653 g/mol. The van der Waals surface area contributed by atoms with Gasteiger partial charge in [-0.3, -0.25) is 9.10 Å². The van der Waals surface area contributed by atoms with Gasteiger partial charge in [-0.05, 0) is 91.6 Å². The number of allylic oxidation sites excluding steroid dienone is 1. The van der Waals surface area contributed by atoms with Crippen LogP contribution in [0.2, 0.25) is 10.0 Å². The minimum absolute atomic E-state index is 0.0532. The van der Waals surface area contributed by atoms with Gasteiger partial charge in [0.2, 0.25) is 15.9 Å². The van der Waals surface area contributed by atoms with Gasteiger partial charge in [0.15, 0.2) is 0 Å². The summed E-state index contributed by atoms with van der Waals surface area (Å²) in [7, 11) is -3.78. The van der Waals surface area contributed by atoms with Crippen LogP contribution in [0.5, 0.6) is 0 Å². The van der Waals surface area contributed by atoms with Crippen molar-refractivity contribution in [1.29, 1.82) is 5.26 Å². The van der Waals surface area contributed by atoms with Gasteiger partial charge in [-0.25, -0.2) is 8.42 Å². The molecule has 0 radical (unpaired) electrons. The van der Waals surface area contributed by atoms with Crippen LogP contribution in [0.15, 0.2) is 85.5 Å². The molecular weight excluding hydrogens is 613 g/mol. The number of amides is 1. The Labute approximate surface area is 271 Å². The molecule has 6 nitrogen and oxygen atoms in total. The Kier molecular flexibility index (Phi) is 10.8. The molecule has 9 heteroatoms. The summed E-state index contributed by atoms with van der Waals surface area (Å²) in [6.07, 6.45) is 6.21. The van der Waals surface area contributed by atoms with Gasteiger partial charge in [0.05, 0.1) is 42.2 Å². The predicted octanol–water partition coefficient (Wildman–Crippen LogP) is 8.21. The normalized spacial score (nSPS) is 15.8. The minimum atomic E-state index is -3.78. The number of carbonyl (C=O) groups is 1. The van der Waals surface area contributed by atoms with E-state index in [9.17, 15) is 18.5 Å². The number of rotatable bonds is 14. The molecule has 0 spiro atoms. The summed E-state index contributed by atoms with van der Waals surface area (Å²) in [5.74, 6) is 0.0411. The van der Waals surface area contributed by atoms with Crippen molar-refractivity contribution in [3.63, 3.8) is 0 Å². The van der Waals surface area contributed by atoms with Gasteiger partial charge in [0.1, 0.15) is 0 Å². The Morgan fingerprint density at radius 1 is 1.09 bits per heavy atom. The number of nitrogens with zero attached hydrogens (tertiary/aromatic N) is 3. The summed E-state index contributed by atoms with van der Waals surface area (Å²) in [6.45, 7) is 7.95. The molecule has 4 rings (SSSR count). The standard InChI is InChI=1S/C35H39Cl2N3O3S/c1-5-19-35(3,6-2)34(41)40(32(27-15-17-29(36)18-16-27)22-25-9-7-11-30(37)20-25)33(28-13-14-28)24-39(44(4,42)43)31-12-8-10-26(21-31)23-38/h5,7-12,15-18,20-21,28,32-33H,1,6,13-14,19,22,24H2,2-4H3/t32?,33-,35?/m1/s1. The molecule has 1 saturated carbocycles. The maximum absolute atomic E-state index is 15.0. The quantitative estimate of drug-likeness (QED) is 0.164. The second-order valence-electron chi connectivity index (χ2n) is 11.9. The number of sulfonamides is 1. The summed E-state index contributed by atoms with van der Waals surface area (Å²) in [4.78, 5) is 16.9. The third-order valence-electron chi connectivity index (χ3n) is 8.57. The van der Waals surface area contributed by atoms with Crippen LogP contribution in [0.4, 0.5) is 5.69 Å². The van der Waals surface area contributed by atoms with E-state index < -0.39 is 27.5 Å². The lowest BCUT2D eigenvalue weighted by Crippen LogP contribution is -2.55. The first-order valence-corrected chi connectivity index (χ1v) is 17.4. The van der Waals surface area contributed by atoms with Crippen molar-refractivity contribution in [1.82, 2.24) is 4.90 Å². The van der Waals surface area contributed by atoms with Crippen molar-refractivity contribution < 1.29 is 13.2 Å². The van der Waals surface area contributed by atoms with E-state index in [-0.39, 0.29) is 18.4 Å². The molecule has 44 heavy (non-hydrogen) atoms. The third-order valence-corrected chi connectivity index (χ3v) is 10.2. The molecule has 0 heterocycles. The summed E-state index contributed by atoms with van der Waals surface area (Å²) >= 11 is 12.7. The monoisotopic (exact) mass is 651 g/mol. The number of hydrogen-bond acceptors (Lipinski definition) is 4. The van der Waals surface area contributed by atoms with E-state index in [1.807, 2.05) is 67.3 Å². The molecule has 1 amide bonds. The van der Waals surface area contributed by atoms with Gasteiger partial charge in [0, 0.05) is 15.5 Å². The van der Waals surface area contributed by atoms with E-state index in [2.05, 4.69) is 12.6 Å². The SMILES string of the molecule is C=CCC(C)(CC)C(=O)N(C(Cc1cccc(Cl)c1)c1ccc(Cl)cc1)[C@H](CN(c1cccc(C#N)c1)S(C)(=O)=O)C1CC1. The van der Waals surface area contributed by atoms with Crippen molar-refractivity contribution in [3.05, 3.63) is 112 Å². The zero-order valence-electron chi connectivity index (χ0n) is 25.4. The Morgan fingerprint density at radius 2 is 1.77 bits per heavy atom. The Bertz CT molecular complexity index is 1630. The molecule has 0 aromatic heterocycles. The van der Waals surface area contributed by atoms with Gasteiger partial charge in [-0.1, -0.05) is 73.5 Å². The highest BCUT2D eigenvalue weighted by atomic mass is 35.5. The Hall–Kier alpha value is -3.31. The molecule has 3 atom stereocenters. The number of halogens is 2. The largest absolute Gasteiger partial charge is 0.330 e. The number of carbonyl (C=O) groups excluding carboxylic acids is 1. The average Bonchev–Trinajstić information content (AvgIpc) is 3.83. The number of benzene rings is 3. The van der Waals surface area contributed by atoms with E-state index >= 15 is 0 Å². The Balaban J connectivity index is 1.92. The lowest BCUT2D eigenvalue weighted by atomic mass is 9.80. The van der Waals surface area contributed by atoms with Crippen LogP contribution in [0.25, 0.3) is 0 Å². The second-order valence-corrected chi connectivity index (χ2v) is 14.7. The van der Waals surface area contributed by atoms with Crippen molar-refractivity contribution >= 4 is 44.8 Å². The maximum Gasteiger partial charge on any atom is 0.232 e. The van der Waals surface area contributed by atoms with Crippen LogP contribution in [0, 0.1) is 22.7 Å². The number of hydrogen-bond donors (Lipinski definition) is 0. The van der Waals surface area contributed by atoms with Gasteiger partial charge < -0.3 is 4.90 Å². The second kappa shape index (κ2) is 14.2. The van der Waals surface area contributed by atoms with E-state index in [1.165, 1.54) is 10.6 Å². The highest BCUT2D eigenvalue weighted by molar-refractivity contribution is 7.92. The number of nitriles is 1. The first-order chi connectivity index (χ1) is 20.9. The topological polar surface area (TPSA) is 81.5 Å². The van der Waals surface area contributed by atoms with E-state index in [0.717, 1.165) is 24.0 Å². The van der Waals surface area contributed by atoms with E-state index in [0.29, 0.717) is 40.6 Å². The van der Waals surface area contributed by atoms with E-state index in [4.69, 9.17) is 23.2 Å². The first kappa shape index (κ1) is 33.6. The fraction of sp³-hybridized carbons (Fsp3) is 0.371. The van der Waals surface area contributed by atoms with Gasteiger partial charge in [0.25, 0.3) is 0 Å². The highest BCUT2D eigenvalue weighted by Gasteiger charge is 2.47. The summed E-state index contributed by atoms with van der Waals surface area (Å²) in [6, 6.07) is 22.9. The van der Waals surface area contributed by atoms with E-state index in [1.54, 1.807) is 30.3 Å². The van der Waals surface area contributed by atoms with Gasteiger partial charge in [-0.2, -0.15) is 5.26 Å². The Morgan fingerprint density at radius 3 is 2.34 bits per heavy atom. The van der Waals surface area contributed by atoms with Crippen molar-refractivity contribution in [3.8, 4) is 6.07 Å². The third kappa shape index (κ3) is 8.04. The summed E-state index contributed by atoms with van der Waals surface area (Å²) < 4.78 is 28.1. The number of anilines is 1. The van der Waals surface area contributed by atoms with Crippen LogP contribution in [-0.4, -0.2) is 38.1 Å². The molecule has 232 valence electrons. The fourth-order valence-corrected chi connectivity index (χ4v) is 7.02. The molecule has 1 aliphatic rings. The fourth-order valence-electron chi connectivity index (χ4n) is 5.76. The lowest BCUT2D eigenvalue weighted by Gasteiger charge is -2.45. The predicted molar refractivity (Wildman–Crippen MR) is 179 cm³/mol. The smallest absolute Gasteiger partial charge is 0.232 e. The molecule has 2 unspecified atom stereocenters. The molecule has 0 saturated heterocycles. The zero-order valence-corrected chi connectivity index (χ0v) is 27.7. The first-order valence-electron chi connectivity index (χ1n) is 14.8. The summed E-state index contributed by atoms with van der Waals surface area (Å²) in [5, 5.41) is 10.7. The molecular formula is C35H39Cl2N3O3S. The van der Waals surface area contributed by atoms with Crippen molar-refractivity contribution in [2.45, 2.75) is 58.0 Å². The van der Waals surface area contributed by atoms with Crippen molar-refractivity contribution in [2.24, 2.45) is 11.3 Å². The molecule has 0 bridgehead atoms. The molecule has 1 aliphatic carbocycles. The molecule has 3 aromatic rings. The van der Waals surface area contributed by atoms with Crippen LogP contribution in [0.1, 0.15) is 62.3 Å². The molecule has 1 fully saturated rings. The maximum atomic E-state index is 15.0. The van der Waals surface area contributed by atoms with Gasteiger partial charge in [-0.15, -0.1) is 6.58 Å². The van der Waals surface area contributed by atoms with Crippen molar-refractivity contribution in [2.75, 3.05) is 17.1 Å². The van der Waals surface area contributed by atoms with Crippen LogP contribution in [-0.2, 0) is 21.2 Å². The molecule has 0 aliphatic heterocycles. The highest BCUT2D eigenvalue weighted by Crippen LogP contribution is 2.44. The summed E-state index contributed by atoms with van der Waals surface area (Å²) in [5.41, 5.74) is 1.84. The van der Waals surface area contributed by atoms with Gasteiger partial charge >= 0.3 is 0 Å².